The second-order valence-electron chi connectivity index (χ2n) is 6.47. The largest absolute Gasteiger partial charge is 0.375 e. The Labute approximate surface area is 135 Å². The van der Waals surface area contributed by atoms with Crippen LogP contribution in [0.2, 0.25) is 0 Å². The fourth-order valence-corrected chi connectivity index (χ4v) is 3.73. The highest BCUT2D eigenvalue weighted by Crippen LogP contribution is 2.28. The normalized spacial score (nSPS) is 21.7. The summed E-state index contributed by atoms with van der Waals surface area (Å²) in [6, 6.07) is 0.523. The third kappa shape index (κ3) is 3.03. The van der Waals surface area contributed by atoms with E-state index in [-0.39, 0.29) is 0 Å². The van der Waals surface area contributed by atoms with Crippen molar-refractivity contribution < 1.29 is 9.26 Å². The number of imidazole rings is 1. The van der Waals surface area contributed by atoms with Gasteiger partial charge in [-0.15, -0.1) is 0 Å². The van der Waals surface area contributed by atoms with Gasteiger partial charge in [-0.25, -0.2) is 4.98 Å². The van der Waals surface area contributed by atoms with Gasteiger partial charge in [-0.3, -0.25) is 4.90 Å². The van der Waals surface area contributed by atoms with Gasteiger partial charge >= 0.3 is 0 Å². The molecule has 1 fully saturated rings. The number of rotatable bonds is 5. The maximum Gasteiger partial charge on any atom is 0.252 e. The number of likely N-dealkylation sites (tertiary alicyclic amines) is 1. The summed E-state index contributed by atoms with van der Waals surface area (Å²) in [6.45, 7) is 3.19. The van der Waals surface area contributed by atoms with E-state index in [1.54, 1.807) is 7.11 Å². The summed E-state index contributed by atoms with van der Waals surface area (Å²) >= 11 is 0. The van der Waals surface area contributed by atoms with E-state index < -0.39 is 0 Å². The maximum absolute atomic E-state index is 5.16. The monoisotopic (exact) mass is 317 g/mol. The van der Waals surface area contributed by atoms with E-state index in [9.17, 15) is 0 Å². The lowest BCUT2D eigenvalue weighted by atomic mass is 10.0. The number of nitrogens with zero attached hydrogens (tertiary/aromatic N) is 5. The first kappa shape index (κ1) is 14.8. The number of aryl methyl sites for hydroxylation is 1. The van der Waals surface area contributed by atoms with E-state index in [1.807, 2.05) is 0 Å². The Hall–Kier alpha value is -1.73. The lowest BCUT2D eigenvalue weighted by molar-refractivity contribution is 0.151. The van der Waals surface area contributed by atoms with E-state index in [4.69, 9.17) is 9.26 Å². The predicted molar refractivity (Wildman–Crippen MR) is 82.8 cm³/mol. The molecule has 7 heteroatoms. The molecule has 2 aromatic rings. The second-order valence-corrected chi connectivity index (χ2v) is 6.47. The predicted octanol–water partition coefficient (Wildman–Crippen LogP) is 1.74. The summed E-state index contributed by atoms with van der Waals surface area (Å²) in [4.78, 5) is 11.4. The summed E-state index contributed by atoms with van der Waals surface area (Å²) in [5, 5.41) is 4.03. The summed E-state index contributed by atoms with van der Waals surface area (Å²) in [7, 11) is 1.63. The summed E-state index contributed by atoms with van der Waals surface area (Å²) in [5.74, 6) is 1.28. The van der Waals surface area contributed by atoms with Gasteiger partial charge in [-0.1, -0.05) is 5.16 Å². The van der Waals surface area contributed by atoms with Crippen LogP contribution in [0.1, 0.15) is 48.4 Å². The van der Waals surface area contributed by atoms with E-state index >= 15 is 0 Å². The van der Waals surface area contributed by atoms with E-state index in [2.05, 4.69) is 30.9 Å². The number of hydrogen-bond donors (Lipinski definition) is 0. The Morgan fingerprint density at radius 2 is 2.26 bits per heavy atom. The molecule has 0 aromatic carbocycles. The van der Waals surface area contributed by atoms with Crippen molar-refractivity contribution in [3.05, 3.63) is 29.4 Å². The molecule has 2 aromatic heterocycles. The topological polar surface area (TPSA) is 69.2 Å². The summed E-state index contributed by atoms with van der Waals surface area (Å²) in [6.07, 6.45) is 8.10. The van der Waals surface area contributed by atoms with Crippen LogP contribution in [0.15, 0.2) is 10.9 Å². The molecule has 1 aliphatic carbocycles. The van der Waals surface area contributed by atoms with Crippen LogP contribution >= 0.6 is 0 Å². The van der Waals surface area contributed by atoms with Gasteiger partial charge in [-0.05, 0) is 32.1 Å². The minimum Gasteiger partial charge on any atom is -0.375 e. The SMILES string of the molecule is COCc1nc(CN2CC[C@H](n3cnc4c3CCCC4)C2)no1. The lowest BCUT2D eigenvalue weighted by Crippen LogP contribution is -2.22. The lowest BCUT2D eigenvalue weighted by Gasteiger charge is -2.19. The first-order chi connectivity index (χ1) is 11.3. The van der Waals surface area contributed by atoms with Gasteiger partial charge in [0.05, 0.1) is 18.6 Å². The molecule has 0 radical (unpaired) electrons. The number of hydrogen-bond acceptors (Lipinski definition) is 6. The van der Waals surface area contributed by atoms with Crippen LogP contribution in [-0.2, 0) is 30.7 Å². The molecule has 23 heavy (non-hydrogen) atoms. The third-order valence-corrected chi connectivity index (χ3v) is 4.84. The zero-order valence-corrected chi connectivity index (χ0v) is 13.6. The molecule has 3 heterocycles. The van der Waals surface area contributed by atoms with Gasteiger partial charge < -0.3 is 13.8 Å². The van der Waals surface area contributed by atoms with Gasteiger partial charge in [0.25, 0.3) is 5.89 Å². The summed E-state index contributed by atoms with van der Waals surface area (Å²) in [5.41, 5.74) is 2.78. The molecule has 0 unspecified atom stereocenters. The summed E-state index contributed by atoms with van der Waals surface area (Å²) < 4.78 is 12.6. The molecule has 0 bridgehead atoms. The molecule has 124 valence electrons. The highest BCUT2D eigenvalue weighted by Gasteiger charge is 2.28. The number of ether oxygens (including phenoxy) is 1. The highest BCUT2D eigenvalue weighted by atomic mass is 16.5. The van der Waals surface area contributed by atoms with Crippen molar-refractivity contribution in [1.82, 2.24) is 24.6 Å². The Kier molecular flexibility index (Phi) is 4.13. The van der Waals surface area contributed by atoms with Crippen molar-refractivity contribution in [2.75, 3.05) is 20.2 Å². The maximum atomic E-state index is 5.16. The van der Waals surface area contributed by atoms with E-state index in [0.717, 1.165) is 38.3 Å². The van der Waals surface area contributed by atoms with Crippen LogP contribution in [0.25, 0.3) is 0 Å². The smallest absolute Gasteiger partial charge is 0.252 e. The van der Waals surface area contributed by atoms with Crippen LogP contribution in [-0.4, -0.2) is 44.8 Å². The molecule has 0 saturated carbocycles. The fourth-order valence-electron chi connectivity index (χ4n) is 3.73. The van der Waals surface area contributed by atoms with Gasteiger partial charge in [0, 0.05) is 31.9 Å². The Morgan fingerprint density at radius 1 is 1.35 bits per heavy atom. The molecule has 2 aliphatic rings. The Bertz CT molecular complexity index is 665. The van der Waals surface area contributed by atoms with Gasteiger partial charge in [-0.2, -0.15) is 4.98 Å². The highest BCUT2D eigenvalue weighted by molar-refractivity contribution is 5.17. The molecule has 0 N–H and O–H groups in total. The average molecular weight is 317 g/mol. The van der Waals surface area contributed by atoms with Crippen LogP contribution in [0.3, 0.4) is 0 Å². The average Bonchev–Trinajstić information content (AvgIpc) is 3.27. The zero-order chi connectivity index (χ0) is 15.6. The van der Waals surface area contributed by atoms with Crippen molar-refractivity contribution in [3.63, 3.8) is 0 Å². The molecule has 4 rings (SSSR count). The molecule has 0 amide bonds. The molecular formula is C16H23N5O2. The zero-order valence-electron chi connectivity index (χ0n) is 13.6. The number of fused-ring (bicyclic) bond motifs is 1. The van der Waals surface area contributed by atoms with Crippen molar-refractivity contribution in [1.29, 1.82) is 0 Å². The van der Waals surface area contributed by atoms with E-state index in [1.165, 1.54) is 30.7 Å². The first-order valence-corrected chi connectivity index (χ1v) is 8.41. The molecule has 7 nitrogen and oxygen atoms in total. The van der Waals surface area contributed by atoms with Crippen molar-refractivity contribution >= 4 is 0 Å². The van der Waals surface area contributed by atoms with Gasteiger partial charge in [0.1, 0.15) is 6.61 Å². The van der Waals surface area contributed by atoms with Crippen LogP contribution < -0.4 is 0 Å². The Balaban J connectivity index is 1.40. The van der Waals surface area contributed by atoms with Crippen LogP contribution in [0.4, 0.5) is 0 Å². The van der Waals surface area contributed by atoms with Crippen molar-refractivity contribution in [3.8, 4) is 0 Å². The fraction of sp³-hybridized carbons (Fsp3) is 0.688. The third-order valence-electron chi connectivity index (χ3n) is 4.84. The minimum absolute atomic E-state index is 0.372. The standard InChI is InChI=1S/C16H23N5O2/c1-22-10-16-18-15(19-23-16)9-20-7-6-12(8-20)21-11-17-13-4-2-3-5-14(13)21/h11-12H,2-10H2,1H3/t12-/m0/s1. The second kappa shape index (κ2) is 6.41. The molecule has 1 saturated heterocycles. The van der Waals surface area contributed by atoms with Gasteiger partial charge in [0.2, 0.25) is 0 Å². The molecule has 0 spiro atoms. The Morgan fingerprint density at radius 3 is 3.17 bits per heavy atom. The van der Waals surface area contributed by atoms with Gasteiger partial charge in [0.15, 0.2) is 5.82 Å². The number of methoxy groups -OCH3 is 1. The van der Waals surface area contributed by atoms with Crippen molar-refractivity contribution in [2.24, 2.45) is 0 Å². The van der Waals surface area contributed by atoms with Crippen LogP contribution in [0.5, 0.6) is 0 Å². The van der Waals surface area contributed by atoms with Crippen molar-refractivity contribution in [2.45, 2.75) is 51.3 Å². The van der Waals surface area contributed by atoms with E-state index in [0.29, 0.717) is 18.5 Å². The molecule has 1 aliphatic heterocycles. The van der Waals surface area contributed by atoms with Crippen LogP contribution in [0, 0.1) is 0 Å². The molecule has 1 atom stereocenters. The first-order valence-electron chi connectivity index (χ1n) is 8.41. The molecular weight excluding hydrogens is 294 g/mol. The quantitative estimate of drug-likeness (QED) is 0.836. The number of aromatic nitrogens is 4. The minimum atomic E-state index is 0.372.